The molecule has 0 saturated heterocycles. The second-order valence-corrected chi connectivity index (χ2v) is 8.41. The molecular weight excluding hydrogens is 473 g/mol. The lowest BCUT2D eigenvalue weighted by atomic mass is 10.1. The van der Waals surface area contributed by atoms with Crippen LogP contribution in [0.25, 0.3) is 10.9 Å². The lowest BCUT2D eigenvalue weighted by Crippen LogP contribution is -2.31. The van der Waals surface area contributed by atoms with Gasteiger partial charge in [0.2, 0.25) is 0 Å². The summed E-state index contributed by atoms with van der Waals surface area (Å²) in [5.41, 5.74) is 7.76. The molecule has 1 amide bonds. The molecule has 0 saturated carbocycles. The van der Waals surface area contributed by atoms with Crippen LogP contribution in [0, 0.1) is 0 Å². The van der Waals surface area contributed by atoms with Crippen LogP contribution in [0.4, 0.5) is 5.82 Å². The van der Waals surface area contributed by atoms with E-state index in [0.29, 0.717) is 46.4 Å². The first-order valence-electron chi connectivity index (χ1n) is 10.7. The van der Waals surface area contributed by atoms with E-state index in [-0.39, 0.29) is 23.5 Å². The predicted molar refractivity (Wildman–Crippen MR) is 135 cm³/mol. The summed E-state index contributed by atoms with van der Waals surface area (Å²) in [7, 11) is 0. The topological polar surface area (TPSA) is 104 Å². The van der Waals surface area contributed by atoms with Gasteiger partial charge in [0.15, 0.2) is 11.4 Å². The second kappa shape index (κ2) is 10.7. The number of fused-ring (bicyclic) bond motifs is 1. The fourth-order valence-corrected chi connectivity index (χ4v) is 4.06. The average Bonchev–Trinajstić information content (AvgIpc) is 2.85. The Balaban J connectivity index is 1.72. The Labute approximate surface area is 207 Å². The average molecular weight is 496 g/mol. The number of rotatable bonds is 8. The predicted octanol–water partition coefficient (Wildman–Crippen LogP) is 4.54. The van der Waals surface area contributed by atoms with Gasteiger partial charge in [-0.25, -0.2) is 4.98 Å². The molecular formula is C25H23Cl2N5O2. The van der Waals surface area contributed by atoms with E-state index in [4.69, 9.17) is 28.9 Å². The standard InChI is InChI=1S/C25H23Cl2N5O2/c26-19-10-4-8-17(20(19)27)14-30-25(34)22-23(33)21-18(9-5-12-29-21)24(31-22)32(13-11-28)15-16-6-2-1-3-7-16/h1-10,12,33H,11,13-15,28H2,(H,30,34). The van der Waals surface area contributed by atoms with Crippen LogP contribution in [-0.4, -0.2) is 34.1 Å². The van der Waals surface area contributed by atoms with Crippen molar-refractivity contribution < 1.29 is 9.90 Å². The number of carbonyl (C=O) groups excluding carboxylic acids is 1. The van der Waals surface area contributed by atoms with Crippen molar-refractivity contribution in [3.05, 3.63) is 93.7 Å². The molecule has 0 bridgehead atoms. The minimum atomic E-state index is -0.560. The number of amides is 1. The summed E-state index contributed by atoms with van der Waals surface area (Å²) in [6.45, 7) is 1.52. The van der Waals surface area contributed by atoms with Crippen molar-refractivity contribution >= 4 is 45.8 Å². The zero-order valence-corrected chi connectivity index (χ0v) is 19.7. The molecule has 9 heteroatoms. The number of halogens is 2. The maximum Gasteiger partial charge on any atom is 0.274 e. The highest BCUT2D eigenvalue weighted by Gasteiger charge is 2.23. The molecule has 4 rings (SSSR count). The maximum atomic E-state index is 13.1. The summed E-state index contributed by atoms with van der Waals surface area (Å²) in [6, 6.07) is 18.6. The molecule has 2 aromatic heterocycles. The van der Waals surface area contributed by atoms with Crippen LogP contribution < -0.4 is 16.0 Å². The number of benzene rings is 2. The monoisotopic (exact) mass is 495 g/mol. The Hall–Kier alpha value is -3.39. The fourth-order valence-electron chi connectivity index (χ4n) is 3.67. The number of nitrogens with one attached hydrogen (secondary N) is 1. The molecule has 0 radical (unpaired) electrons. The van der Waals surface area contributed by atoms with Crippen molar-refractivity contribution in [2.75, 3.05) is 18.0 Å². The van der Waals surface area contributed by atoms with E-state index in [1.54, 1.807) is 30.5 Å². The summed E-state index contributed by atoms with van der Waals surface area (Å²) in [6.07, 6.45) is 1.56. The smallest absolute Gasteiger partial charge is 0.274 e. The van der Waals surface area contributed by atoms with Gasteiger partial charge < -0.3 is 21.1 Å². The number of anilines is 1. The van der Waals surface area contributed by atoms with Gasteiger partial charge in [0.05, 0.1) is 10.0 Å². The van der Waals surface area contributed by atoms with Gasteiger partial charge in [-0.1, -0.05) is 65.7 Å². The van der Waals surface area contributed by atoms with Gasteiger partial charge in [-0.15, -0.1) is 0 Å². The number of hydrogen-bond donors (Lipinski definition) is 3. The Morgan fingerprint density at radius 1 is 1.06 bits per heavy atom. The molecule has 0 atom stereocenters. The van der Waals surface area contributed by atoms with Gasteiger partial charge >= 0.3 is 0 Å². The highest BCUT2D eigenvalue weighted by molar-refractivity contribution is 6.42. The number of aromatic hydroxyl groups is 1. The SMILES string of the molecule is NCCN(Cc1ccccc1)c1nc(C(=O)NCc2cccc(Cl)c2Cl)c(O)c2ncccc12. The van der Waals surface area contributed by atoms with Crippen molar-refractivity contribution in [1.82, 2.24) is 15.3 Å². The van der Waals surface area contributed by atoms with Crippen molar-refractivity contribution in [3.63, 3.8) is 0 Å². The lowest BCUT2D eigenvalue weighted by Gasteiger charge is -2.25. The number of aromatic nitrogens is 2. The summed E-state index contributed by atoms with van der Waals surface area (Å²) < 4.78 is 0. The van der Waals surface area contributed by atoms with Gasteiger partial charge in [-0.05, 0) is 29.3 Å². The molecule has 4 aromatic rings. The molecule has 2 heterocycles. The molecule has 0 unspecified atom stereocenters. The van der Waals surface area contributed by atoms with Crippen LogP contribution in [0.15, 0.2) is 66.9 Å². The van der Waals surface area contributed by atoms with E-state index >= 15 is 0 Å². The molecule has 0 aliphatic heterocycles. The Kier molecular flexibility index (Phi) is 7.47. The van der Waals surface area contributed by atoms with E-state index in [0.717, 1.165) is 5.56 Å². The van der Waals surface area contributed by atoms with Gasteiger partial charge in [-0.2, -0.15) is 0 Å². The third kappa shape index (κ3) is 5.07. The van der Waals surface area contributed by atoms with E-state index in [2.05, 4.69) is 15.3 Å². The summed E-state index contributed by atoms with van der Waals surface area (Å²) in [4.78, 5) is 24.0. The number of nitrogens with two attached hydrogens (primary N) is 1. The third-order valence-corrected chi connectivity index (χ3v) is 6.17. The number of hydrogen-bond acceptors (Lipinski definition) is 6. The normalized spacial score (nSPS) is 10.9. The van der Waals surface area contributed by atoms with Crippen LogP contribution in [0.1, 0.15) is 21.6 Å². The summed E-state index contributed by atoms with van der Waals surface area (Å²) >= 11 is 12.3. The molecule has 7 nitrogen and oxygen atoms in total. The summed E-state index contributed by atoms with van der Waals surface area (Å²) in [5, 5.41) is 15.0. The van der Waals surface area contributed by atoms with Crippen LogP contribution in [0.3, 0.4) is 0 Å². The van der Waals surface area contributed by atoms with Gasteiger partial charge in [-0.3, -0.25) is 9.78 Å². The van der Waals surface area contributed by atoms with Gasteiger partial charge in [0.25, 0.3) is 5.91 Å². The Morgan fingerprint density at radius 2 is 1.85 bits per heavy atom. The number of nitrogens with zero attached hydrogens (tertiary/aromatic N) is 3. The van der Waals surface area contributed by atoms with E-state index in [1.807, 2.05) is 41.3 Å². The number of carbonyl (C=O) groups is 1. The van der Waals surface area contributed by atoms with Gasteiger partial charge in [0, 0.05) is 37.8 Å². The number of pyridine rings is 2. The van der Waals surface area contributed by atoms with Crippen LogP contribution in [-0.2, 0) is 13.1 Å². The molecule has 0 fully saturated rings. The lowest BCUT2D eigenvalue weighted by molar-refractivity contribution is 0.0943. The molecule has 2 aromatic carbocycles. The second-order valence-electron chi connectivity index (χ2n) is 7.62. The van der Waals surface area contributed by atoms with Crippen molar-refractivity contribution in [2.24, 2.45) is 5.73 Å². The molecule has 0 aliphatic rings. The molecule has 174 valence electrons. The first-order valence-corrected chi connectivity index (χ1v) is 11.4. The van der Waals surface area contributed by atoms with E-state index in [1.165, 1.54) is 0 Å². The third-order valence-electron chi connectivity index (χ3n) is 5.32. The first-order chi connectivity index (χ1) is 16.5. The fraction of sp³-hybridized carbons (Fsp3) is 0.160. The molecule has 34 heavy (non-hydrogen) atoms. The maximum absolute atomic E-state index is 13.1. The Morgan fingerprint density at radius 3 is 2.62 bits per heavy atom. The zero-order chi connectivity index (χ0) is 24.1. The van der Waals surface area contributed by atoms with Crippen molar-refractivity contribution in [3.8, 4) is 5.75 Å². The molecule has 0 spiro atoms. The van der Waals surface area contributed by atoms with E-state index in [9.17, 15) is 9.90 Å². The van der Waals surface area contributed by atoms with Crippen LogP contribution in [0.2, 0.25) is 10.0 Å². The highest BCUT2D eigenvalue weighted by Crippen LogP contribution is 2.33. The van der Waals surface area contributed by atoms with Crippen molar-refractivity contribution in [2.45, 2.75) is 13.1 Å². The largest absolute Gasteiger partial charge is 0.504 e. The minimum absolute atomic E-state index is 0.117. The first kappa shape index (κ1) is 23.8. The quantitative estimate of drug-likeness (QED) is 0.331. The summed E-state index contributed by atoms with van der Waals surface area (Å²) in [5.74, 6) is -0.336. The minimum Gasteiger partial charge on any atom is -0.504 e. The molecule has 0 aliphatic carbocycles. The van der Waals surface area contributed by atoms with Crippen LogP contribution in [0.5, 0.6) is 5.75 Å². The van der Waals surface area contributed by atoms with Gasteiger partial charge in [0.1, 0.15) is 11.3 Å². The Bertz CT molecular complexity index is 1320. The highest BCUT2D eigenvalue weighted by atomic mass is 35.5. The van der Waals surface area contributed by atoms with Crippen molar-refractivity contribution in [1.29, 1.82) is 0 Å². The molecule has 4 N–H and O–H groups in total. The van der Waals surface area contributed by atoms with E-state index < -0.39 is 5.91 Å². The van der Waals surface area contributed by atoms with Crippen LogP contribution >= 0.6 is 23.2 Å². The zero-order valence-electron chi connectivity index (χ0n) is 18.2.